The highest BCUT2D eigenvalue weighted by molar-refractivity contribution is 6.06. The monoisotopic (exact) mass is 526 g/mol. The molecule has 10 nitrogen and oxygen atoms in total. The number of likely N-dealkylation sites (tertiary alicyclic amines) is 1. The number of ether oxygens (including phenoxy) is 2. The molecule has 2 bridgehead atoms. The standard InChI is InChI=1S/C29H30N6O4/c1-29(2,3)39-28(37)34-17-19-15-20(34)16-33(19)23-13-14-31-25-24(23)32-35(26(25)27(30)36)18-9-11-22(12-10-18)38-21-7-5-4-6-8-21/h4-14,19-20H,15-17H2,1-3H3,(H2,30,36)/t19-,20-/m0/s1. The molecule has 2 saturated heterocycles. The average Bonchev–Trinajstić information content (AvgIpc) is 3.61. The number of amides is 2. The summed E-state index contributed by atoms with van der Waals surface area (Å²) in [5.74, 6) is 0.765. The van der Waals surface area contributed by atoms with E-state index in [9.17, 15) is 9.59 Å². The maximum Gasteiger partial charge on any atom is 0.410 e. The molecule has 0 unspecified atom stereocenters. The molecule has 200 valence electrons. The third-order valence-electron chi connectivity index (χ3n) is 7.01. The number of fused-ring (bicyclic) bond motifs is 3. The minimum atomic E-state index is -0.620. The molecule has 2 atom stereocenters. The van der Waals surface area contributed by atoms with Crippen LogP contribution in [0.15, 0.2) is 66.9 Å². The summed E-state index contributed by atoms with van der Waals surface area (Å²) < 4.78 is 13.0. The molecule has 0 spiro atoms. The van der Waals surface area contributed by atoms with Gasteiger partial charge in [0.25, 0.3) is 5.91 Å². The van der Waals surface area contributed by atoms with E-state index in [0.717, 1.165) is 17.9 Å². The lowest BCUT2D eigenvalue weighted by molar-refractivity contribution is 0.0214. The SMILES string of the molecule is CC(C)(C)OC(=O)N1C[C@@H]2C[C@H]1CN2c1ccnc2c(C(N)=O)n(-c3ccc(Oc4ccccc4)cc3)nc12. The van der Waals surface area contributed by atoms with Gasteiger partial charge in [0.1, 0.15) is 28.1 Å². The molecule has 0 radical (unpaired) electrons. The zero-order chi connectivity index (χ0) is 27.3. The number of anilines is 1. The molecule has 2 aliphatic rings. The fourth-order valence-corrected chi connectivity index (χ4v) is 5.39. The van der Waals surface area contributed by atoms with Crippen LogP contribution < -0.4 is 15.4 Å². The van der Waals surface area contributed by atoms with Crippen molar-refractivity contribution in [1.82, 2.24) is 19.7 Å². The lowest BCUT2D eigenvalue weighted by Gasteiger charge is -2.36. The van der Waals surface area contributed by atoms with E-state index in [4.69, 9.17) is 20.3 Å². The first-order chi connectivity index (χ1) is 18.7. The minimum Gasteiger partial charge on any atom is -0.457 e. The molecule has 2 aromatic heterocycles. The Kier molecular flexibility index (Phi) is 5.90. The highest BCUT2D eigenvalue weighted by atomic mass is 16.6. The third kappa shape index (κ3) is 4.62. The maximum absolute atomic E-state index is 12.7. The molecule has 0 saturated carbocycles. The van der Waals surface area contributed by atoms with Crippen molar-refractivity contribution in [2.75, 3.05) is 18.0 Å². The number of carbonyl (C=O) groups excluding carboxylic acids is 2. The van der Waals surface area contributed by atoms with Crippen LogP contribution in [-0.4, -0.2) is 62.4 Å². The maximum atomic E-state index is 12.7. The van der Waals surface area contributed by atoms with Gasteiger partial charge >= 0.3 is 6.09 Å². The van der Waals surface area contributed by atoms with Crippen LogP contribution >= 0.6 is 0 Å². The predicted octanol–water partition coefficient (Wildman–Crippen LogP) is 4.51. The van der Waals surface area contributed by atoms with Crippen molar-refractivity contribution >= 4 is 28.7 Å². The van der Waals surface area contributed by atoms with Crippen LogP contribution in [0.5, 0.6) is 11.5 Å². The van der Waals surface area contributed by atoms with Crippen molar-refractivity contribution in [2.24, 2.45) is 5.73 Å². The van der Waals surface area contributed by atoms with Crippen molar-refractivity contribution in [3.63, 3.8) is 0 Å². The summed E-state index contributed by atoms with van der Waals surface area (Å²) in [5, 5.41) is 4.81. The van der Waals surface area contributed by atoms with Crippen LogP contribution in [0.1, 0.15) is 37.7 Å². The number of rotatable bonds is 5. The first kappa shape index (κ1) is 24.7. The molecular weight excluding hydrogens is 496 g/mol. The van der Waals surface area contributed by atoms with Crippen LogP contribution in [0.25, 0.3) is 16.7 Å². The molecule has 6 rings (SSSR count). The number of hydrogen-bond acceptors (Lipinski definition) is 7. The predicted molar refractivity (Wildman–Crippen MR) is 146 cm³/mol. The summed E-state index contributed by atoms with van der Waals surface area (Å²) in [6, 6.07) is 18.8. The molecular formula is C29H30N6O4. The van der Waals surface area contributed by atoms with E-state index in [1.54, 1.807) is 6.20 Å². The number of carbonyl (C=O) groups is 2. The summed E-state index contributed by atoms with van der Waals surface area (Å²) >= 11 is 0. The second-order valence-corrected chi connectivity index (χ2v) is 10.9. The van der Waals surface area contributed by atoms with Crippen molar-refractivity contribution < 1.29 is 19.1 Å². The molecule has 4 heterocycles. The second kappa shape index (κ2) is 9.30. The number of piperazine rings is 1. The smallest absolute Gasteiger partial charge is 0.410 e. The first-order valence-electron chi connectivity index (χ1n) is 12.9. The Morgan fingerprint density at radius 2 is 1.64 bits per heavy atom. The van der Waals surface area contributed by atoms with Crippen molar-refractivity contribution in [3.05, 3.63) is 72.6 Å². The van der Waals surface area contributed by atoms with E-state index in [2.05, 4.69) is 9.88 Å². The Morgan fingerprint density at radius 3 is 2.28 bits per heavy atom. The molecule has 0 aliphatic carbocycles. The van der Waals surface area contributed by atoms with Gasteiger partial charge < -0.3 is 25.0 Å². The lowest BCUT2D eigenvalue weighted by Crippen LogP contribution is -2.50. The Hall–Kier alpha value is -4.60. The quantitative estimate of drug-likeness (QED) is 0.407. The number of benzene rings is 2. The van der Waals surface area contributed by atoms with E-state index in [1.165, 1.54) is 4.68 Å². The number of pyridine rings is 1. The minimum absolute atomic E-state index is 0.0444. The van der Waals surface area contributed by atoms with Crippen LogP contribution in [0, 0.1) is 0 Å². The van der Waals surface area contributed by atoms with E-state index in [0.29, 0.717) is 35.6 Å². The number of hydrogen-bond donors (Lipinski definition) is 1. The molecule has 2 N–H and O–H groups in total. The molecule has 39 heavy (non-hydrogen) atoms. The van der Waals surface area contributed by atoms with Gasteiger partial charge in [0.15, 0.2) is 5.69 Å². The number of primary amides is 1. The van der Waals surface area contributed by atoms with Crippen LogP contribution in [-0.2, 0) is 4.74 Å². The molecule has 10 heteroatoms. The molecule has 2 fully saturated rings. The number of nitrogens with two attached hydrogens (primary N) is 1. The highest BCUT2D eigenvalue weighted by Crippen LogP contribution is 2.38. The van der Waals surface area contributed by atoms with Crippen molar-refractivity contribution in [1.29, 1.82) is 0 Å². The summed E-state index contributed by atoms with van der Waals surface area (Å²) in [7, 11) is 0. The highest BCUT2D eigenvalue weighted by Gasteiger charge is 2.47. The summed E-state index contributed by atoms with van der Waals surface area (Å²) in [5.41, 5.74) is 8.05. The Labute approximate surface area is 225 Å². The zero-order valence-electron chi connectivity index (χ0n) is 22.1. The summed E-state index contributed by atoms with van der Waals surface area (Å²) in [4.78, 5) is 33.8. The molecule has 2 amide bonds. The van der Waals surface area contributed by atoms with Gasteiger partial charge in [-0.1, -0.05) is 18.2 Å². The molecule has 4 aromatic rings. The number of para-hydroxylation sites is 1. The van der Waals surface area contributed by atoms with Crippen molar-refractivity contribution in [3.8, 4) is 17.2 Å². The number of nitrogens with zero attached hydrogens (tertiary/aromatic N) is 5. The second-order valence-electron chi connectivity index (χ2n) is 10.9. The van der Waals surface area contributed by atoms with Gasteiger partial charge in [-0.2, -0.15) is 5.10 Å². The molecule has 2 aromatic carbocycles. The van der Waals surface area contributed by atoms with Gasteiger partial charge in [-0.15, -0.1) is 0 Å². The van der Waals surface area contributed by atoms with Gasteiger partial charge in [-0.3, -0.25) is 9.78 Å². The first-order valence-corrected chi connectivity index (χ1v) is 12.9. The topological polar surface area (TPSA) is 116 Å². The van der Waals surface area contributed by atoms with Crippen LogP contribution in [0.4, 0.5) is 10.5 Å². The zero-order valence-corrected chi connectivity index (χ0v) is 22.1. The van der Waals surface area contributed by atoms with Gasteiger partial charge in [-0.05, 0) is 69.7 Å². The van der Waals surface area contributed by atoms with Crippen molar-refractivity contribution in [2.45, 2.75) is 44.9 Å². The van der Waals surface area contributed by atoms with E-state index < -0.39 is 11.5 Å². The van der Waals surface area contributed by atoms with E-state index >= 15 is 0 Å². The summed E-state index contributed by atoms with van der Waals surface area (Å²) in [6.07, 6.45) is 2.23. The van der Waals surface area contributed by atoms with Crippen LogP contribution in [0.3, 0.4) is 0 Å². The van der Waals surface area contributed by atoms with Gasteiger partial charge in [0, 0.05) is 25.3 Å². The Balaban J connectivity index is 1.30. The Bertz CT molecular complexity index is 1540. The van der Waals surface area contributed by atoms with Gasteiger partial charge in [0.2, 0.25) is 0 Å². The fourth-order valence-electron chi connectivity index (χ4n) is 5.39. The van der Waals surface area contributed by atoms with E-state index in [-0.39, 0.29) is 23.9 Å². The van der Waals surface area contributed by atoms with Gasteiger partial charge in [-0.25, -0.2) is 9.48 Å². The van der Waals surface area contributed by atoms with E-state index in [1.807, 2.05) is 86.3 Å². The Morgan fingerprint density at radius 1 is 0.923 bits per heavy atom. The number of aromatic nitrogens is 3. The molecule has 2 aliphatic heterocycles. The summed E-state index contributed by atoms with van der Waals surface area (Å²) in [6.45, 7) is 6.82. The van der Waals surface area contributed by atoms with Gasteiger partial charge in [0.05, 0.1) is 17.4 Å². The third-order valence-corrected chi connectivity index (χ3v) is 7.01. The normalized spacial score (nSPS) is 18.5. The fraction of sp³-hybridized carbons (Fsp3) is 0.310. The lowest BCUT2D eigenvalue weighted by atomic mass is 10.2. The van der Waals surface area contributed by atoms with Crippen LogP contribution in [0.2, 0.25) is 0 Å². The average molecular weight is 527 g/mol. The largest absolute Gasteiger partial charge is 0.457 e.